The molecule has 2 N–H and O–H groups in total. The molecule has 4 rings (SSSR count). The van der Waals surface area contributed by atoms with E-state index in [-0.39, 0.29) is 11.7 Å². The molecule has 2 aromatic carbocycles. The maximum absolute atomic E-state index is 12.4. The van der Waals surface area contributed by atoms with Gasteiger partial charge in [-0.05, 0) is 48.4 Å². The Labute approximate surface area is 167 Å². The fourth-order valence-corrected chi connectivity index (χ4v) is 3.34. The second kappa shape index (κ2) is 7.82. The van der Waals surface area contributed by atoms with Gasteiger partial charge in [0.25, 0.3) is 5.91 Å². The summed E-state index contributed by atoms with van der Waals surface area (Å²) in [6.45, 7) is 0.505. The lowest BCUT2D eigenvalue weighted by molar-refractivity contribution is 0.0927. The smallest absolute Gasteiger partial charge is 0.287 e. The van der Waals surface area contributed by atoms with Crippen LogP contribution in [0.25, 0.3) is 22.2 Å². The van der Waals surface area contributed by atoms with E-state index in [1.807, 2.05) is 36.5 Å². The first-order valence-corrected chi connectivity index (χ1v) is 9.30. The number of amides is 1. The van der Waals surface area contributed by atoms with Crippen LogP contribution < -0.4 is 10.1 Å². The van der Waals surface area contributed by atoms with E-state index in [4.69, 9.17) is 20.8 Å². The van der Waals surface area contributed by atoms with Gasteiger partial charge in [0.05, 0.1) is 7.11 Å². The third-order valence-corrected chi connectivity index (χ3v) is 4.83. The second-order valence-corrected chi connectivity index (χ2v) is 6.84. The standard InChI is InChI=1S/C22H19ClN2O3/c1-27-17-5-6-18-15(13-25-19(18)12-17)9-10-24-22(26)21-8-7-20(28-21)14-3-2-4-16(23)11-14/h2-8,11-13,25H,9-10H2,1H3,(H,24,26). The molecule has 28 heavy (non-hydrogen) atoms. The summed E-state index contributed by atoms with van der Waals surface area (Å²) >= 11 is 6.01. The van der Waals surface area contributed by atoms with Crippen molar-refractivity contribution < 1.29 is 13.9 Å². The van der Waals surface area contributed by atoms with Crippen molar-refractivity contribution in [2.45, 2.75) is 6.42 Å². The highest BCUT2D eigenvalue weighted by atomic mass is 35.5. The number of ether oxygens (including phenoxy) is 1. The molecule has 0 aliphatic heterocycles. The predicted molar refractivity (Wildman–Crippen MR) is 110 cm³/mol. The second-order valence-electron chi connectivity index (χ2n) is 6.41. The minimum absolute atomic E-state index is 0.241. The van der Waals surface area contributed by atoms with Gasteiger partial charge in [-0.15, -0.1) is 0 Å². The molecule has 0 fully saturated rings. The van der Waals surface area contributed by atoms with Crippen LogP contribution >= 0.6 is 11.6 Å². The Balaban J connectivity index is 1.39. The van der Waals surface area contributed by atoms with Gasteiger partial charge in [0.15, 0.2) is 5.76 Å². The van der Waals surface area contributed by atoms with E-state index in [9.17, 15) is 4.79 Å². The number of methoxy groups -OCH3 is 1. The third kappa shape index (κ3) is 3.75. The molecule has 2 heterocycles. The average molecular weight is 395 g/mol. The van der Waals surface area contributed by atoms with Gasteiger partial charge >= 0.3 is 0 Å². The number of nitrogens with one attached hydrogen (secondary N) is 2. The molecular weight excluding hydrogens is 376 g/mol. The SMILES string of the molecule is COc1ccc2c(CCNC(=O)c3ccc(-c4cccc(Cl)c4)o3)c[nH]c2c1. The number of aromatic amines is 1. The number of carbonyl (C=O) groups is 1. The topological polar surface area (TPSA) is 67.3 Å². The zero-order valence-electron chi connectivity index (χ0n) is 15.3. The lowest BCUT2D eigenvalue weighted by atomic mass is 10.1. The number of fused-ring (bicyclic) bond motifs is 1. The summed E-state index contributed by atoms with van der Waals surface area (Å²) in [6.07, 6.45) is 2.67. The number of aromatic nitrogens is 1. The molecule has 4 aromatic rings. The third-order valence-electron chi connectivity index (χ3n) is 4.59. The highest BCUT2D eigenvalue weighted by Gasteiger charge is 2.13. The van der Waals surface area contributed by atoms with Crippen LogP contribution in [0.2, 0.25) is 5.02 Å². The molecule has 6 heteroatoms. The Morgan fingerprint density at radius 2 is 2.07 bits per heavy atom. The highest BCUT2D eigenvalue weighted by Crippen LogP contribution is 2.25. The fraction of sp³-hybridized carbons (Fsp3) is 0.136. The highest BCUT2D eigenvalue weighted by molar-refractivity contribution is 6.30. The number of halogens is 1. The Bertz CT molecular complexity index is 1130. The quantitative estimate of drug-likeness (QED) is 0.480. The van der Waals surface area contributed by atoms with E-state index in [2.05, 4.69) is 10.3 Å². The van der Waals surface area contributed by atoms with E-state index in [0.717, 1.165) is 27.8 Å². The maximum atomic E-state index is 12.4. The van der Waals surface area contributed by atoms with E-state index in [1.165, 1.54) is 0 Å². The molecule has 0 aliphatic rings. The average Bonchev–Trinajstić information content (AvgIpc) is 3.35. The van der Waals surface area contributed by atoms with Crippen molar-refractivity contribution in [1.29, 1.82) is 0 Å². The normalized spacial score (nSPS) is 10.9. The van der Waals surface area contributed by atoms with E-state index < -0.39 is 0 Å². The summed E-state index contributed by atoms with van der Waals surface area (Å²) in [5, 5.41) is 4.65. The minimum Gasteiger partial charge on any atom is -0.497 e. The van der Waals surface area contributed by atoms with Crippen LogP contribution in [0.5, 0.6) is 5.75 Å². The van der Waals surface area contributed by atoms with Gasteiger partial charge in [0, 0.05) is 40.3 Å². The summed E-state index contributed by atoms with van der Waals surface area (Å²) in [5.41, 5.74) is 2.98. The van der Waals surface area contributed by atoms with Crippen LogP contribution in [0, 0.1) is 0 Å². The van der Waals surface area contributed by atoms with Crippen molar-refractivity contribution in [3.05, 3.63) is 77.1 Å². The van der Waals surface area contributed by atoms with Gasteiger partial charge in [-0.25, -0.2) is 0 Å². The molecule has 0 bridgehead atoms. The molecular formula is C22H19ClN2O3. The summed E-state index contributed by atoms with van der Waals surface area (Å²) in [6, 6.07) is 16.7. The Hall–Kier alpha value is -3.18. The largest absolute Gasteiger partial charge is 0.497 e. The Morgan fingerprint density at radius 3 is 2.89 bits per heavy atom. The fourth-order valence-electron chi connectivity index (χ4n) is 3.15. The lowest BCUT2D eigenvalue weighted by Crippen LogP contribution is -2.25. The number of carbonyl (C=O) groups excluding carboxylic acids is 1. The maximum Gasteiger partial charge on any atom is 0.287 e. The van der Waals surface area contributed by atoms with Gasteiger partial charge in [-0.3, -0.25) is 4.79 Å². The van der Waals surface area contributed by atoms with Crippen molar-refractivity contribution >= 4 is 28.4 Å². The zero-order valence-corrected chi connectivity index (χ0v) is 16.0. The van der Waals surface area contributed by atoms with E-state index >= 15 is 0 Å². The van der Waals surface area contributed by atoms with Crippen LogP contribution in [0.3, 0.4) is 0 Å². The minimum atomic E-state index is -0.241. The first-order chi connectivity index (χ1) is 13.6. The first kappa shape index (κ1) is 18.2. The molecule has 5 nitrogen and oxygen atoms in total. The van der Waals surface area contributed by atoms with Gasteiger partial charge < -0.3 is 19.5 Å². The molecule has 0 atom stereocenters. The summed E-state index contributed by atoms with van der Waals surface area (Å²) in [7, 11) is 1.65. The zero-order chi connectivity index (χ0) is 19.5. The molecule has 142 valence electrons. The van der Waals surface area contributed by atoms with Crippen molar-refractivity contribution in [3.8, 4) is 17.1 Å². The van der Waals surface area contributed by atoms with Crippen molar-refractivity contribution in [2.24, 2.45) is 0 Å². The molecule has 0 spiro atoms. The first-order valence-electron chi connectivity index (χ1n) is 8.92. The summed E-state index contributed by atoms with van der Waals surface area (Å²) in [5.74, 6) is 1.45. The summed E-state index contributed by atoms with van der Waals surface area (Å²) < 4.78 is 10.9. The van der Waals surface area contributed by atoms with E-state index in [0.29, 0.717) is 23.7 Å². The molecule has 2 aromatic heterocycles. The molecule has 0 saturated carbocycles. The summed E-state index contributed by atoms with van der Waals surface area (Å²) in [4.78, 5) is 15.6. The molecule has 0 saturated heterocycles. The number of hydrogen-bond donors (Lipinski definition) is 2. The lowest BCUT2D eigenvalue weighted by Gasteiger charge is -2.04. The van der Waals surface area contributed by atoms with Crippen molar-refractivity contribution in [3.63, 3.8) is 0 Å². The molecule has 0 aliphatic carbocycles. The van der Waals surface area contributed by atoms with E-state index in [1.54, 1.807) is 31.4 Å². The molecule has 1 amide bonds. The monoisotopic (exact) mass is 394 g/mol. The van der Waals surface area contributed by atoms with Crippen LogP contribution in [-0.2, 0) is 6.42 Å². The van der Waals surface area contributed by atoms with Crippen LogP contribution in [0.15, 0.2) is 65.2 Å². The number of benzene rings is 2. The number of rotatable bonds is 6. The number of furan rings is 1. The van der Waals surface area contributed by atoms with Crippen molar-refractivity contribution in [2.75, 3.05) is 13.7 Å². The molecule has 0 radical (unpaired) electrons. The number of hydrogen-bond acceptors (Lipinski definition) is 3. The van der Waals surface area contributed by atoms with Gasteiger partial charge in [0.1, 0.15) is 11.5 Å². The van der Waals surface area contributed by atoms with Gasteiger partial charge in [-0.2, -0.15) is 0 Å². The van der Waals surface area contributed by atoms with Crippen LogP contribution in [0.4, 0.5) is 0 Å². The van der Waals surface area contributed by atoms with Crippen LogP contribution in [0.1, 0.15) is 16.1 Å². The van der Waals surface area contributed by atoms with Crippen molar-refractivity contribution in [1.82, 2.24) is 10.3 Å². The number of H-pyrrole nitrogens is 1. The Kier molecular flexibility index (Phi) is 5.08. The van der Waals surface area contributed by atoms with Gasteiger partial charge in [0.2, 0.25) is 0 Å². The molecule has 0 unspecified atom stereocenters. The predicted octanol–water partition coefficient (Wildman–Crippen LogP) is 5.06. The van der Waals surface area contributed by atoms with Gasteiger partial charge in [-0.1, -0.05) is 23.7 Å². The van der Waals surface area contributed by atoms with Crippen LogP contribution in [-0.4, -0.2) is 24.5 Å². The Morgan fingerprint density at radius 1 is 1.18 bits per heavy atom.